The summed E-state index contributed by atoms with van der Waals surface area (Å²) in [6.45, 7) is 6.05. The number of sulfone groups is 1. The van der Waals surface area contributed by atoms with E-state index in [-0.39, 0.29) is 39.9 Å². The minimum absolute atomic E-state index is 0.0386. The average Bonchev–Trinajstić information content (AvgIpc) is 3.26. The first kappa shape index (κ1) is 22.2. The van der Waals surface area contributed by atoms with Crippen molar-refractivity contribution >= 4 is 43.6 Å². The second-order valence-corrected chi connectivity index (χ2v) is 11.5. The molecule has 0 spiro atoms. The summed E-state index contributed by atoms with van der Waals surface area (Å²) < 4.78 is 23.5. The monoisotopic (exact) mass is 452 g/mol. The molecule has 1 aliphatic heterocycles. The van der Waals surface area contributed by atoms with Gasteiger partial charge < -0.3 is 4.90 Å². The SMILES string of the molecule is CN(c1ccc(C(=O)Nc2nc(C(C)(C)C)cs2)cc1[N+](=O)[O-])C1CCS(=O)(=O)C1. The number of hydrogen-bond donors (Lipinski definition) is 1. The lowest BCUT2D eigenvalue weighted by Crippen LogP contribution is -2.33. The molecule has 2 aromatic rings. The Bertz CT molecular complexity index is 1090. The molecule has 1 amide bonds. The molecule has 1 atom stereocenters. The van der Waals surface area contributed by atoms with Crippen molar-refractivity contribution in [1.82, 2.24) is 4.98 Å². The molecule has 0 bridgehead atoms. The third-order valence-corrected chi connectivity index (χ3v) is 7.57. The molecule has 162 valence electrons. The molecule has 1 N–H and O–H groups in total. The number of aromatic nitrogens is 1. The molecule has 0 saturated carbocycles. The number of amides is 1. The second-order valence-electron chi connectivity index (χ2n) is 8.37. The molecule has 1 unspecified atom stereocenters. The van der Waals surface area contributed by atoms with Crippen molar-refractivity contribution < 1.29 is 18.1 Å². The number of rotatable bonds is 5. The second kappa shape index (κ2) is 7.95. The Labute approximate surface area is 179 Å². The van der Waals surface area contributed by atoms with Crippen LogP contribution >= 0.6 is 11.3 Å². The van der Waals surface area contributed by atoms with Crippen molar-refractivity contribution in [1.29, 1.82) is 0 Å². The van der Waals surface area contributed by atoms with Crippen LogP contribution in [0.1, 0.15) is 43.2 Å². The molecular weight excluding hydrogens is 428 g/mol. The number of nitro benzene ring substituents is 1. The molecule has 0 radical (unpaired) electrons. The summed E-state index contributed by atoms with van der Waals surface area (Å²) in [5, 5.41) is 16.6. The summed E-state index contributed by atoms with van der Waals surface area (Å²) >= 11 is 1.29. The Morgan fingerprint density at radius 3 is 2.60 bits per heavy atom. The third-order valence-electron chi connectivity index (χ3n) is 5.06. The van der Waals surface area contributed by atoms with Gasteiger partial charge in [-0.3, -0.25) is 20.2 Å². The molecular formula is C19H24N4O5S2. The maximum atomic E-state index is 12.6. The highest BCUT2D eigenvalue weighted by Crippen LogP contribution is 2.33. The lowest BCUT2D eigenvalue weighted by atomic mass is 9.93. The zero-order valence-corrected chi connectivity index (χ0v) is 18.8. The van der Waals surface area contributed by atoms with Gasteiger partial charge in [0.2, 0.25) is 0 Å². The Kier molecular flexibility index (Phi) is 5.87. The fourth-order valence-electron chi connectivity index (χ4n) is 3.23. The van der Waals surface area contributed by atoms with Gasteiger partial charge in [0.1, 0.15) is 5.69 Å². The van der Waals surface area contributed by atoms with Crippen molar-refractivity contribution in [3.63, 3.8) is 0 Å². The van der Waals surface area contributed by atoms with E-state index in [4.69, 9.17) is 0 Å². The fourth-order valence-corrected chi connectivity index (χ4v) is 5.94. The molecule has 11 heteroatoms. The molecule has 9 nitrogen and oxygen atoms in total. The molecule has 1 aromatic heterocycles. The number of nitrogens with zero attached hydrogens (tertiary/aromatic N) is 3. The van der Waals surface area contributed by atoms with Crippen LogP contribution in [0.4, 0.5) is 16.5 Å². The lowest BCUT2D eigenvalue weighted by Gasteiger charge is -2.25. The highest BCUT2D eigenvalue weighted by molar-refractivity contribution is 7.91. The predicted molar refractivity (Wildman–Crippen MR) is 117 cm³/mol. The lowest BCUT2D eigenvalue weighted by molar-refractivity contribution is -0.384. The first-order chi connectivity index (χ1) is 13.9. The molecule has 0 aliphatic carbocycles. The van der Waals surface area contributed by atoms with Crippen molar-refractivity contribution in [2.75, 3.05) is 28.8 Å². The largest absolute Gasteiger partial charge is 0.365 e. The van der Waals surface area contributed by atoms with Gasteiger partial charge >= 0.3 is 0 Å². The van der Waals surface area contributed by atoms with E-state index in [9.17, 15) is 23.3 Å². The topological polar surface area (TPSA) is 123 Å². The maximum absolute atomic E-state index is 12.6. The van der Waals surface area contributed by atoms with Crippen LogP contribution in [-0.4, -0.2) is 48.8 Å². The summed E-state index contributed by atoms with van der Waals surface area (Å²) in [4.78, 5) is 29.7. The van der Waals surface area contributed by atoms with E-state index in [1.165, 1.54) is 29.5 Å². The molecule has 30 heavy (non-hydrogen) atoms. The average molecular weight is 453 g/mol. The summed E-state index contributed by atoms with van der Waals surface area (Å²) in [6.07, 6.45) is 0.415. The molecule has 1 aromatic carbocycles. The molecule has 2 heterocycles. The van der Waals surface area contributed by atoms with E-state index < -0.39 is 20.7 Å². The minimum atomic E-state index is -3.13. The van der Waals surface area contributed by atoms with Crippen molar-refractivity contribution in [3.8, 4) is 0 Å². The minimum Gasteiger partial charge on any atom is -0.365 e. The van der Waals surface area contributed by atoms with E-state index in [0.29, 0.717) is 11.6 Å². The maximum Gasteiger partial charge on any atom is 0.293 e. The zero-order valence-electron chi connectivity index (χ0n) is 17.2. The van der Waals surface area contributed by atoms with Gasteiger partial charge in [-0.05, 0) is 18.6 Å². The Morgan fingerprint density at radius 2 is 2.07 bits per heavy atom. The number of nitro groups is 1. The number of carbonyl (C=O) groups excluding carboxylic acids is 1. The van der Waals surface area contributed by atoms with Crippen molar-refractivity contribution in [2.24, 2.45) is 0 Å². The van der Waals surface area contributed by atoms with Crippen LogP contribution in [0.25, 0.3) is 0 Å². The number of hydrogen-bond acceptors (Lipinski definition) is 8. The number of nitrogens with one attached hydrogen (secondary N) is 1. The van der Waals surface area contributed by atoms with E-state index in [0.717, 1.165) is 5.69 Å². The smallest absolute Gasteiger partial charge is 0.293 e. The van der Waals surface area contributed by atoms with E-state index in [1.807, 2.05) is 26.2 Å². The van der Waals surface area contributed by atoms with Gasteiger partial charge in [0, 0.05) is 35.5 Å². The van der Waals surface area contributed by atoms with E-state index in [2.05, 4.69) is 10.3 Å². The van der Waals surface area contributed by atoms with E-state index >= 15 is 0 Å². The molecule has 3 rings (SSSR count). The van der Waals surface area contributed by atoms with Gasteiger partial charge in [-0.15, -0.1) is 11.3 Å². The molecule has 1 fully saturated rings. The van der Waals surface area contributed by atoms with Crippen LogP contribution in [0.3, 0.4) is 0 Å². The van der Waals surface area contributed by atoms with Gasteiger partial charge in [-0.1, -0.05) is 20.8 Å². The molecule has 1 aliphatic rings. The van der Waals surface area contributed by atoms with Crippen LogP contribution in [0.15, 0.2) is 23.6 Å². The van der Waals surface area contributed by atoms with Crippen LogP contribution in [0, 0.1) is 10.1 Å². The third kappa shape index (κ3) is 4.78. The summed E-state index contributed by atoms with van der Waals surface area (Å²) in [7, 11) is -1.49. The number of carbonyl (C=O) groups is 1. The Balaban J connectivity index is 1.83. The highest BCUT2D eigenvalue weighted by atomic mass is 32.2. The quantitative estimate of drug-likeness (QED) is 0.546. The van der Waals surface area contributed by atoms with Crippen molar-refractivity contribution in [3.05, 3.63) is 45.0 Å². The predicted octanol–water partition coefficient (Wildman–Crippen LogP) is 3.22. The zero-order chi connectivity index (χ0) is 22.3. The number of benzene rings is 1. The van der Waals surface area contributed by atoms with Gasteiger partial charge in [0.15, 0.2) is 15.0 Å². The van der Waals surface area contributed by atoms with Crippen LogP contribution < -0.4 is 10.2 Å². The standard InChI is InChI=1S/C19H24N4O5S2/c1-19(2,3)16-10-29-18(20-16)21-17(24)12-5-6-14(15(9-12)23(25)26)22(4)13-7-8-30(27,28)11-13/h5-6,9-10,13H,7-8,11H2,1-4H3,(H,20,21,24). The first-order valence-corrected chi connectivity index (χ1v) is 12.1. The summed E-state index contributed by atoms with van der Waals surface area (Å²) in [5.74, 6) is -0.463. The Morgan fingerprint density at radius 1 is 1.37 bits per heavy atom. The van der Waals surface area contributed by atoms with Gasteiger partial charge in [-0.2, -0.15) is 0 Å². The highest BCUT2D eigenvalue weighted by Gasteiger charge is 2.33. The fraction of sp³-hybridized carbons (Fsp3) is 0.474. The summed E-state index contributed by atoms with van der Waals surface area (Å²) in [6, 6.07) is 3.86. The van der Waals surface area contributed by atoms with E-state index in [1.54, 1.807) is 11.9 Å². The van der Waals surface area contributed by atoms with Crippen LogP contribution in [0.2, 0.25) is 0 Å². The summed E-state index contributed by atoms with van der Waals surface area (Å²) in [5.41, 5.74) is 0.854. The number of thiazole rings is 1. The van der Waals surface area contributed by atoms with Crippen LogP contribution in [-0.2, 0) is 15.3 Å². The van der Waals surface area contributed by atoms with Crippen molar-refractivity contribution in [2.45, 2.75) is 38.6 Å². The van der Waals surface area contributed by atoms with Gasteiger partial charge in [0.05, 0.1) is 22.1 Å². The first-order valence-electron chi connectivity index (χ1n) is 9.36. The Hall–Kier alpha value is -2.53. The normalized spacial score (nSPS) is 18.2. The van der Waals surface area contributed by atoms with Gasteiger partial charge in [-0.25, -0.2) is 13.4 Å². The molecule has 1 saturated heterocycles. The van der Waals surface area contributed by atoms with Gasteiger partial charge in [0.25, 0.3) is 11.6 Å². The number of anilines is 2. The van der Waals surface area contributed by atoms with Crippen LogP contribution in [0.5, 0.6) is 0 Å².